The molecule has 82 valence electrons. The largest absolute Gasteiger partial charge is 0.392 e. The van der Waals surface area contributed by atoms with E-state index >= 15 is 0 Å². The molecule has 2 N–H and O–H groups in total. The molecular weight excluding hydrogens is 190 g/mol. The number of hydrogen-bond acceptors (Lipinski definition) is 4. The fourth-order valence-electron chi connectivity index (χ4n) is 2.08. The van der Waals surface area contributed by atoms with Crippen LogP contribution in [0.25, 0.3) is 0 Å². The molecule has 2 heterocycles. The lowest BCUT2D eigenvalue weighted by molar-refractivity contribution is 0.277. The SMILES string of the molecule is Cc1ncc(CO)c(C2CCNCC2)n1. The number of aromatic nitrogens is 2. The van der Waals surface area contributed by atoms with E-state index in [1.165, 1.54) is 0 Å². The summed E-state index contributed by atoms with van der Waals surface area (Å²) >= 11 is 0. The van der Waals surface area contributed by atoms with E-state index in [0.717, 1.165) is 43.0 Å². The molecule has 4 heteroatoms. The first-order valence-corrected chi connectivity index (χ1v) is 5.45. The molecule has 0 spiro atoms. The molecule has 0 bridgehead atoms. The third kappa shape index (κ3) is 2.33. The fraction of sp³-hybridized carbons (Fsp3) is 0.636. The highest BCUT2D eigenvalue weighted by Crippen LogP contribution is 2.26. The summed E-state index contributed by atoms with van der Waals surface area (Å²) in [6, 6.07) is 0. The van der Waals surface area contributed by atoms with Gasteiger partial charge < -0.3 is 10.4 Å². The molecule has 4 nitrogen and oxygen atoms in total. The normalized spacial score (nSPS) is 18.0. The van der Waals surface area contributed by atoms with E-state index in [9.17, 15) is 5.11 Å². The molecule has 1 aromatic heterocycles. The van der Waals surface area contributed by atoms with Crippen LogP contribution in [0.4, 0.5) is 0 Å². The minimum Gasteiger partial charge on any atom is -0.392 e. The molecule has 0 aromatic carbocycles. The minimum atomic E-state index is 0.0412. The Hall–Kier alpha value is -1.00. The van der Waals surface area contributed by atoms with Crippen LogP contribution in [0, 0.1) is 6.92 Å². The lowest BCUT2D eigenvalue weighted by atomic mass is 9.92. The van der Waals surface area contributed by atoms with Crippen molar-refractivity contribution in [2.75, 3.05) is 13.1 Å². The third-order valence-electron chi connectivity index (χ3n) is 2.91. The van der Waals surface area contributed by atoms with Crippen LogP contribution >= 0.6 is 0 Å². The van der Waals surface area contributed by atoms with Gasteiger partial charge in [-0.1, -0.05) is 0 Å². The van der Waals surface area contributed by atoms with Crippen LogP contribution in [0.15, 0.2) is 6.20 Å². The maximum absolute atomic E-state index is 9.24. The quantitative estimate of drug-likeness (QED) is 0.751. The lowest BCUT2D eigenvalue weighted by Crippen LogP contribution is -2.27. The Morgan fingerprint density at radius 1 is 1.47 bits per heavy atom. The zero-order valence-electron chi connectivity index (χ0n) is 9.03. The fourth-order valence-corrected chi connectivity index (χ4v) is 2.08. The van der Waals surface area contributed by atoms with Crippen molar-refractivity contribution < 1.29 is 5.11 Å². The number of piperidine rings is 1. The van der Waals surface area contributed by atoms with Crippen molar-refractivity contribution in [3.8, 4) is 0 Å². The number of aliphatic hydroxyl groups excluding tert-OH is 1. The Bertz CT molecular complexity index is 335. The third-order valence-corrected chi connectivity index (χ3v) is 2.91. The number of nitrogens with zero attached hydrogens (tertiary/aromatic N) is 2. The second-order valence-corrected chi connectivity index (χ2v) is 4.01. The van der Waals surface area contributed by atoms with Crippen molar-refractivity contribution in [3.63, 3.8) is 0 Å². The highest BCUT2D eigenvalue weighted by molar-refractivity contribution is 5.21. The minimum absolute atomic E-state index is 0.0412. The maximum Gasteiger partial charge on any atom is 0.125 e. The van der Waals surface area contributed by atoms with E-state index in [2.05, 4.69) is 15.3 Å². The van der Waals surface area contributed by atoms with Gasteiger partial charge in [0, 0.05) is 17.7 Å². The Morgan fingerprint density at radius 2 is 2.20 bits per heavy atom. The van der Waals surface area contributed by atoms with Gasteiger partial charge in [0.05, 0.1) is 12.3 Å². The topological polar surface area (TPSA) is 58.0 Å². The van der Waals surface area contributed by atoms with Crippen LogP contribution < -0.4 is 5.32 Å². The summed E-state index contributed by atoms with van der Waals surface area (Å²) in [4.78, 5) is 8.59. The van der Waals surface area contributed by atoms with Gasteiger partial charge in [0.15, 0.2) is 0 Å². The monoisotopic (exact) mass is 207 g/mol. The van der Waals surface area contributed by atoms with Gasteiger partial charge in [-0.25, -0.2) is 9.97 Å². The Labute approximate surface area is 89.8 Å². The Morgan fingerprint density at radius 3 is 2.87 bits per heavy atom. The molecule has 0 amide bonds. The molecule has 2 rings (SSSR count). The summed E-state index contributed by atoms with van der Waals surface area (Å²) in [6.07, 6.45) is 3.95. The molecule has 0 atom stereocenters. The van der Waals surface area contributed by atoms with E-state index in [0.29, 0.717) is 5.92 Å². The van der Waals surface area contributed by atoms with Gasteiger partial charge in [-0.2, -0.15) is 0 Å². The van der Waals surface area contributed by atoms with Crippen molar-refractivity contribution in [1.29, 1.82) is 0 Å². The van der Waals surface area contributed by atoms with Crippen LogP contribution in [-0.2, 0) is 6.61 Å². The molecule has 0 radical (unpaired) electrons. The Balaban J connectivity index is 2.27. The second kappa shape index (κ2) is 4.68. The van der Waals surface area contributed by atoms with E-state index in [1.54, 1.807) is 6.20 Å². The zero-order valence-corrected chi connectivity index (χ0v) is 9.03. The second-order valence-electron chi connectivity index (χ2n) is 4.01. The number of nitrogens with one attached hydrogen (secondary N) is 1. The summed E-state index contributed by atoms with van der Waals surface area (Å²) in [5.74, 6) is 1.27. The van der Waals surface area contributed by atoms with E-state index in [1.807, 2.05) is 6.92 Å². The number of aryl methyl sites for hydroxylation is 1. The zero-order chi connectivity index (χ0) is 10.7. The van der Waals surface area contributed by atoms with E-state index in [4.69, 9.17) is 0 Å². The first kappa shape index (κ1) is 10.5. The van der Waals surface area contributed by atoms with Gasteiger partial charge in [-0.3, -0.25) is 0 Å². The number of rotatable bonds is 2. The summed E-state index contributed by atoms with van der Waals surface area (Å²) < 4.78 is 0. The van der Waals surface area contributed by atoms with E-state index < -0.39 is 0 Å². The summed E-state index contributed by atoms with van der Waals surface area (Å²) in [5.41, 5.74) is 1.93. The average molecular weight is 207 g/mol. The molecule has 0 unspecified atom stereocenters. The van der Waals surface area contributed by atoms with Crippen molar-refractivity contribution in [2.45, 2.75) is 32.3 Å². The van der Waals surface area contributed by atoms with Gasteiger partial charge >= 0.3 is 0 Å². The molecule has 1 saturated heterocycles. The van der Waals surface area contributed by atoms with E-state index in [-0.39, 0.29) is 6.61 Å². The highest BCUT2D eigenvalue weighted by atomic mass is 16.3. The van der Waals surface area contributed by atoms with Crippen molar-refractivity contribution >= 4 is 0 Å². The summed E-state index contributed by atoms with van der Waals surface area (Å²) in [6.45, 7) is 4.02. The van der Waals surface area contributed by atoms with Gasteiger partial charge in [0.2, 0.25) is 0 Å². The molecule has 1 aromatic rings. The first-order valence-electron chi connectivity index (χ1n) is 5.45. The van der Waals surface area contributed by atoms with Gasteiger partial charge in [-0.15, -0.1) is 0 Å². The number of aliphatic hydroxyl groups is 1. The molecule has 0 saturated carbocycles. The average Bonchev–Trinajstić information content (AvgIpc) is 2.30. The maximum atomic E-state index is 9.24. The molecule has 1 aliphatic rings. The van der Waals surface area contributed by atoms with Crippen LogP contribution in [0.5, 0.6) is 0 Å². The van der Waals surface area contributed by atoms with Crippen molar-refractivity contribution in [2.24, 2.45) is 0 Å². The molecule has 15 heavy (non-hydrogen) atoms. The standard InChI is InChI=1S/C11H17N3O/c1-8-13-6-10(7-15)11(14-8)9-2-4-12-5-3-9/h6,9,12,15H,2-5,7H2,1H3. The highest BCUT2D eigenvalue weighted by Gasteiger charge is 2.19. The first-order chi connectivity index (χ1) is 7.31. The lowest BCUT2D eigenvalue weighted by Gasteiger charge is -2.23. The van der Waals surface area contributed by atoms with Gasteiger partial charge in [-0.05, 0) is 32.9 Å². The molecule has 0 aliphatic carbocycles. The molecule has 1 aliphatic heterocycles. The molecular formula is C11H17N3O. The van der Waals surface area contributed by atoms with Crippen LogP contribution in [-0.4, -0.2) is 28.2 Å². The van der Waals surface area contributed by atoms with Gasteiger partial charge in [0.25, 0.3) is 0 Å². The van der Waals surface area contributed by atoms with Crippen LogP contribution in [0.3, 0.4) is 0 Å². The van der Waals surface area contributed by atoms with Crippen molar-refractivity contribution in [3.05, 3.63) is 23.3 Å². The molecule has 1 fully saturated rings. The van der Waals surface area contributed by atoms with Crippen LogP contribution in [0.2, 0.25) is 0 Å². The Kier molecular flexibility index (Phi) is 3.28. The van der Waals surface area contributed by atoms with Crippen molar-refractivity contribution in [1.82, 2.24) is 15.3 Å². The van der Waals surface area contributed by atoms with Crippen LogP contribution in [0.1, 0.15) is 35.8 Å². The predicted molar refractivity (Wildman–Crippen MR) is 57.5 cm³/mol. The summed E-state index contributed by atoms with van der Waals surface area (Å²) in [5, 5.41) is 12.6. The predicted octanol–water partition coefficient (Wildman–Crippen LogP) is 0.744. The van der Waals surface area contributed by atoms with Gasteiger partial charge in [0.1, 0.15) is 5.82 Å². The smallest absolute Gasteiger partial charge is 0.125 e. The summed E-state index contributed by atoms with van der Waals surface area (Å²) in [7, 11) is 0. The number of hydrogen-bond donors (Lipinski definition) is 2.